The third-order valence-electron chi connectivity index (χ3n) is 7.44. The summed E-state index contributed by atoms with van der Waals surface area (Å²) in [5.74, 6) is -0.253. The number of likely N-dealkylation sites (tertiary alicyclic amines) is 1. The van der Waals surface area contributed by atoms with Crippen molar-refractivity contribution in [3.05, 3.63) is 29.3 Å². The van der Waals surface area contributed by atoms with Gasteiger partial charge < -0.3 is 14.4 Å². The Labute approximate surface area is 196 Å². The quantitative estimate of drug-likeness (QED) is 0.634. The van der Waals surface area contributed by atoms with Crippen LogP contribution in [0.1, 0.15) is 60.9 Å². The molecule has 0 spiro atoms. The van der Waals surface area contributed by atoms with Gasteiger partial charge in [-0.2, -0.15) is 8.78 Å². The molecule has 2 saturated heterocycles. The zero-order valence-corrected chi connectivity index (χ0v) is 18.9. The Morgan fingerprint density at radius 2 is 1.82 bits per heavy atom. The Balaban J connectivity index is 1.22. The maximum atomic E-state index is 12.9. The number of nitrogens with zero attached hydrogens (tertiary/aromatic N) is 2. The molecule has 3 fully saturated rings. The highest BCUT2D eigenvalue weighted by molar-refractivity contribution is 6.05. The van der Waals surface area contributed by atoms with E-state index in [4.69, 9.17) is 4.74 Å². The Hall–Kier alpha value is -2.59. The lowest BCUT2D eigenvalue weighted by molar-refractivity contribution is -0.174. The number of amides is 3. The minimum Gasteiger partial charge on any atom is -0.489 e. The predicted octanol–water partition coefficient (Wildman–Crippen LogP) is 2.45. The van der Waals surface area contributed by atoms with E-state index in [1.54, 1.807) is 12.1 Å². The van der Waals surface area contributed by atoms with Gasteiger partial charge in [-0.3, -0.25) is 24.6 Å². The number of carbonyl (C=O) groups is 3. The average Bonchev–Trinajstić information content (AvgIpc) is 3.38. The molecule has 1 saturated carbocycles. The Morgan fingerprint density at radius 3 is 2.56 bits per heavy atom. The van der Waals surface area contributed by atoms with Crippen LogP contribution in [0.25, 0.3) is 0 Å². The van der Waals surface area contributed by atoms with Crippen LogP contribution in [0, 0.1) is 0 Å². The lowest BCUT2D eigenvalue weighted by Crippen LogP contribution is -2.52. The maximum absolute atomic E-state index is 12.9. The summed E-state index contributed by atoms with van der Waals surface area (Å²) in [7, 11) is 0. The van der Waals surface area contributed by atoms with Crippen molar-refractivity contribution in [2.75, 3.05) is 13.1 Å². The van der Waals surface area contributed by atoms with Crippen molar-refractivity contribution < 1.29 is 32.6 Å². The summed E-state index contributed by atoms with van der Waals surface area (Å²) in [6, 6.07) is 5.00. The van der Waals surface area contributed by atoms with E-state index in [9.17, 15) is 23.2 Å². The average molecular weight is 478 g/mol. The monoisotopic (exact) mass is 477 g/mol. The minimum atomic E-state index is -2.73. The summed E-state index contributed by atoms with van der Waals surface area (Å²) < 4.78 is 36.0. The molecule has 0 aromatic heterocycles. The fraction of sp³-hybridized carbons (Fsp3) is 0.625. The number of hydrogen-bond acceptors (Lipinski definition) is 6. The minimum absolute atomic E-state index is 0.00559. The highest BCUT2D eigenvalue weighted by Gasteiger charge is 2.40. The largest absolute Gasteiger partial charge is 0.489 e. The third-order valence-corrected chi connectivity index (χ3v) is 7.44. The highest BCUT2D eigenvalue weighted by Crippen LogP contribution is 2.34. The molecule has 1 aromatic rings. The molecule has 3 atom stereocenters. The van der Waals surface area contributed by atoms with E-state index in [-0.39, 0.29) is 30.4 Å². The molecular weight excluding hydrogens is 448 g/mol. The fourth-order valence-corrected chi connectivity index (χ4v) is 5.75. The van der Waals surface area contributed by atoms with Gasteiger partial charge in [0, 0.05) is 37.7 Å². The van der Waals surface area contributed by atoms with Crippen molar-refractivity contribution in [2.24, 2.45) is 0 Å². The number of benzene rings is 1. The van der Waals surface area contributed by atoms with E-state index in [1.165, 1.54) is 4.90 Å². The molecule has 34 heavy (non-hydrogen) atoms. The van der Waals surface area contributed by atoms with Crippen molar-refractivity contribution in [2.45, 2.75) is 82.4 Å². The molecule has 5 rings (SSSR count). The molecule has 0 radical (unpaired) electrons. The third kappa shape index (κ3) is 4.65. The van der Waals surface area contributed by atoms with Crippen LogP contribution >= 0.6 is 0 Å². The van der Waals surface area contributed by atoms with Gasteiger partial charge in [0.05, 0.1) is 6.10 Å². The first kappa shape index (κ1) is 23.2. The van der Waals surface area contributed by atoms with Gasteiger partial charge in [-0.1, -0.05) is 0 Å². The number of halogens is 2. The molecular formula is C24H29F2N3O5. The molecule has 0 bridgehead atoms. The first-order chi connectivity index (χ1) is 16.4. The number of imide groups is 1. The molecule has 3 heterocycles. The Bertz CT molecular complexity index is 966. The summed E-state index contributed by atoms with van der Waals surface area (Å²) in [5, 5.41) is 2.32. The molecule has 184 valence electrons. The molecule has 4 aliphatic rings. The number of alkyl halides is 2. The Kier molecular flexibility index (Phi) is 6.52. The lowest BCUT2D eigenvalue weighted by Gasteiger charge is -2.38. The van der Waals surface area contributed by atoms with Gasteiger partial charge >= 0.3 is 6.61 Å². The van der Waals surface area contributed by atoms with Crippen molar-refractivity contribution in [3.63, 3.8) is 0 Å². The summed E-state index contributed by atoms with van der Waals surface area (Å²) in [4.78, 5) is 40.4. The SMILES string of the molecule is O=C1CCC(N2Cc3cc(O[C@H]4CCC[C@@H]4N4CCC(OC(F)F)CC4)ccc3C2=O)C(=O)N1. The van der Waals surface area contributed by atoms with E-state index in [2.05, 4.69) is 15.0 Å². The highest BCUT2D eigenvalue weighted by atomic mass is 19.3. The van der Waals surface area contributed by atoms with Crippen LogP contribution in [0.5, 0.6) is 5.75 Å². The predicted molar refractivity (Wildman–Crippen MR) is 116 cm³/mol. The van der Waals surface area contributed by atoms with Gasteiger partial charge in [0.1, 0.15) is 17.9 Å². The fourth-order valence-electron chi connectivity index (χ4n) is 5.75. The zero-order valence-electron chi connectivity index (χ0n) is 18.9. The molecule has 1 aliphatic carbocycles. The summed E-state index contributed by atoms with van der Waals surface area (Å²) >= 11 is 0. The second kappa shape index (κ2) is 9.58. The van der Waals surface area contributed by atoms with Crippen LogP contribution in [0.2, 0.25) is 0 Å². The van der Waals surface area contributed by atoms with E-state index in [1.807, 2.05) is 6.07 Å². The van der Waals surface area contributed by atoms with Crippen LogP contribution in [-0.4, -0.2) is 71.5 Å². The number of ether oxygens (including phenoxy) is 2. The number of rotatable bonds is 6. The summed E-state index contributed by atoms with van der Waals surface area (Å²) in [5.41, 5.74) is 1.37. The number of nitrogens with one attached hydrogen (secondary N) is 1. The molecule has 1 N–H and O–H groups in total. The number of fused-ring (bicyclic) bond motifs is 1. The number of hydrogen-bond donors (Lipinski definition) is 1. The smallest absolute Gasteiger partial charge is 0.345 e. The first-order valence-corrected chi connectivity index (χ1v) is 12.0. The van der Waals surface area contributed by atoms with E-state index < -0.39 is 24.7 Å². The molecule has 1 unspecified atom stereocenters. The first-order valence-electron chi connectivity index (χ1n) is 12.0. The molecule has 3 amide bonds. The van der Waals surface area contributed by atoms with Gasteiger partial charge in [0.15, 0.2) is 0 Å². The molecule has 8 nitrogen and oxygen atoms in total. The van der Waals surface area contributed by atoms with Gasteiger partial charge in [-0.15, -0.1) is 0 Å². The van der Waals surface area contributed by atoms with Gasteiger partial charge in [0.25, 0.3) is 5.91 Å². The van der Waals surface area contributed by atoms with Crippen LogP contribution in [-0.2, 0) is 20.9 Å². The standard InChI is InChI=1S/C24H29F2N3O5/c25-24(26)34-15-8-10-28(11-9-15)18-2-1-3-20(18)33-16-4-5-17-14(12-16)13-29(23(17)32)19-6-7-21(30)27-22(19)31/h4-5,12,15,18-20,24H,1-3,6-11,13H2,(H,27,30,31)/t18-,19?,20-/m0/s1. The van der Waals surface area contributed by atoms with Gasteiger partial charge in [-0.05, 0) is 62.3 Å². The topological polar surface area (TPSA) is 88.2 Å². The van der Waals surface area contributed by atoms with Gasteiger partial charge in [-0.25, -0.2) is 0 Å². The van der Waals surface area contributed by atoms with E-state index in [0.29, 0.717) is 50.2 Å². The van der Waals surface area contributed by atoms with Crippen LogP contribution < -0.4 is 10.1 Å². The number of carbonyl (C=O) groups excluding carboxylic acids is 3. The maximum Gasteiger partial charge on any atom is 0.345 e. The second-order valence-electron chi connectivity index (χ2n) is 9.51. The van der Waals surface area contributed by atoms with Crippen molar-refractivity contribution in [1.29, 1.82) is 0 Å². The van der Waals surface area contributed by atoms with Gasteiger partial charge in [0.2, 0.25) is 11.8 Å². The normalized spacial score (nSPS) is 28.5. The molecule has 10 heteroatoms. The van der Waals surface area contributed by atoms with Crippen molar-refractivity contribution in [3.8, 4) is 5.75 Å². The van der Waals surface area contributed by atoms with Crippen LogP contribution in [0.3, 0.4) is 0 Å². The lowest BCUT2D eigenvalue weighted by atomic mass is 10.0. The molecule has 3 aliphatic heterocycles. The second-order valence-corrected chi connectivity index (χ2v) is 9.51. The molecule has 1 aromatic carbocycles. The van der Waals surface area contributed by atoms with E-state index >= 15 is 0 Å². The number of piperidine rings is 2. The van der Waals surface area contributed by atoms with E-state index in [0.717, 1.165) is 24.8 Å². The summed E-state index contributed by atoms with van der Waals surface area (Å²) in [6.07, 6.45) is 4.28. The van der Waals surface area contributed by atoms with Crippen LogP contribution in [0.15, 0.2) is 18.2 Å². The summed E-state index contributed by atoms with van der Waals surface area (Å²) in [6.45, 7) is -0.997. The zero-order chi connectivity index (χ0) is 23.8. The Morgan fingerprint density at radius 1 is 1.03 bits per heavy atom. The van der Waals surface area contributed by atoms with Crippen LogP contribution in [0.4, 0.5) is 8.78 Å². The van der Waals surface area contributed by atoms with Crippen molar-refractivity contribution in [1.82, 2.24) is 15.1 Å². The van der Waals surface area contributed by atoms with Crippen molar-refractivity contribution >= 4 is 17.7 Å².